The van der Waals surface area contributed by atoms with E-state index in [0.717, 1.165) is 0 Å². The molecule has 0 fully saturated rings. The normalized spacial score (nSPS) is 12.0. The van der Waals surface area contributed by atoms with Crippen LogP contribution in [0.1, 0.15) is 21.3 Å². The lowest BCUT2D eigenvalue weighted by atomic mass is 10.0. The molecule has 0 aromatic heterocycles. The van der Waals surface area contributed by atoms with E-state index in [2.05, 4.69) is 0 Å². The number of rotatable bonds is 4. The fraction of sp³-hybridized carbons (Fsp3) is 0.0714. The second kappa shape index (κ2) is 5.97. The topological polar surface area (TPSA) is 60.2 Å². The largest absolute Gasteiger partial charge is 0.308 e. The van der Waals surface area contributed by atoms with Gasteiger partial charge < -0.3 is 0 Å². The first-order chi connectivity index (χ1) is 9.91. The van der Waals surface area contributed by atoms with E-state index in [1.54, 1.807) is 30.3 Å². The SMILES string of the molecule is O=C(c1cc(F)cc([N+](=O)[O-])c1F)C(Cl)c1ccccc1. The van der Waals surface area contributed by atoms with Gasteiger partial charge in [0.15, 0.2) is 5.78 Å². The Hall–Kier alpha value is -2.34. The number of hydrogen-bond acceptors (Lipinski definition) is 3. The Labute approximate surface area is 123 Å². The van der Waals surface area contributed by atoms with Gasteiger partial charge in [-0.2, -0.15) is 4.39 Å². The minimum absolute atomic E-state index is 0.385. The molecule has 21 heavy (non-hydrogen) atoms. The van der Waals surface area contributed by atoms with Gasteiger partial charge in [-0.3, -0.25) is 14.9 Å². The third kappa shape index (κ3) is 3.05. The van der Waals surface area contributed by atoms with Gasteiger partial charge in [-0.15, -0.1) is 11.6 Å². The molecule has 7 heteroatoms. The van der Waals surface area contributed by atoms with Crippen molar-refractivity contribution in [2.75, 3.05) is 0 Å². The van der Waals surface area contributed by atoms with Crippen molar-refractivity contribution in [3.8, 4) is 0 Å². The first-order valence-corrected chi connectivity index (χ1v) is 6.22. The highest BCUT2D eigenvalue weighted by atomic mass is 35.5. The molecule has 108 valence electrons. The smallest absolute Gasteiger partial charge is 0.292 e. The van der Waals surface area contributed by atoms with Crippen molar-refractivity contribution in [3.05, 3.63) is 75.3 Å². The average Bonchev–Trinajstić information content (AvgIpc) is 2.48. The van der Waals surface area contributed by atoms with Gasteiger partial charge in [0.1, 0.15) is 11.2 Å². The fourth-order valence-electron chi connectivity index (χ4n) is 1.80. The highest BCUT2D eigenvalue weighted by molar-refractivity contribution is 6.34. The molecule has 0 aliphatic carbocycles. The Morgan fingerprint density at radius 2 is 1.81 bits per heavy atom. The molecule has 0 saturated heterocycles. The number of carbonyl (C=O) groups is 1. The van der Waals surface area contributed by atoms with E-state index in [-0.39, 0.29) is 0 Å². The van der Waals surface area contributed by atoms with Gasteiger partial charge in [0.25, 0.3) is 0 Å². The van der Waals surface area contributed by atoms with E-state index in [4.69, 9.17) is 11.6 Å². The lowest BCUT2D eigenvalue weighted by Gasteiger charge is -2.10. The van der Waals surface area contributed by atoms with Crippen molar-refractivity contribution in [1.29, 1.82) is 0 Å². The number of nitrogens with zero attached hydrogens (tertiary/aromatic N) is 1. The average molecular weight is 312 g/mol. The predicted octanol–water partition coefficient (Wildman–Crippen LogP) is 4.04. The van der Waals surface area contributed by atoms with E-state index in [0.29, 0.717) is 17.7 Å². The standard InChI is InChI=1S/C14H8ClF2NO3/c15-12(8-4-2-1-3-5-8)14(19)10-6-9(16)7-11(13(10)17)18(20)21/h1-7,12H. The molecule has 0 N–H and O–H groups in total. The maximum atomic E-state index is 13.9. The molecule has 0 radical (unpaired) electrons. The van der Waals surface area contributed by atoms with Gasteiger partial charge >= 0.3 is 5.69 Å². The summed E-state index contributed by atoms with van der Waals surface area (Å²) in [5, 5.41) is 9.38. The van der Waals surface area contributed by atoms with E-state index in [9.17, 15) is 23.7 Å². The second-order valence-electron chi connectivity index (χ2n) is 4.18. The number of halogens is 3. The van der Waals surface area contributed by atoms with Crippen LogP contribution in [0.3, 0.4) is 0 Å². The van der Waals surface area contributed by atoms with Crippen molar-refractivity contribution in [2.24, 2.45) is 0 Å². The summed E-state index contributed by atoms with van der Waals surface area (Å²) < 4.78 is 27.3. The quantitative estimate of drug-likeness (QED) is 0.370. The van der Waals surface area contributed by atoms with Crippen molar-refractivity contribution in [3.63, 3.8) is 0 Å². The summed E-state index contributed by atoms with van der Waals surface area (Å²) in [6.45, 7) is 0. The summed E-state index contributed by atoms with van der Waals surface area (Å²) in [7, 11) is 0. The molecule has 2 aromatic carbocycles. The Balaban J connectivity index is 2.47. The number of ketones is 1. The van der Waals surface area contributed by atoms with Crippen LogP contribution >= 0.6 is 11.6 Å². The Bertz CT molecular complexity index is 707. The number of Topliss-reactive ketones (excluding diaryl/α,β-unsaturated/α-hetero) is 1. The van der Waals surface area contributed by atoms with Crippen LogP contribution in [0.2, 0.25) is 0 Å². The predicted molar refractivity (Wildman–Crippen MR) is 72.4 cm³/mol. The van der Waals surface area contributed by atoms with Crippen molar-refractivity contribution < 1.29 is 18.5 Å². The number of nitro groups is 1. The third-order valence-electron chi connectivity index (χ3n) is 2.80. The van der Waals surface area contributed by atoms with Crippen LogP contribution in [0.4, 0.5) is 14.5 Å². The molecule has 0 bridgehead atoms. The first-order valence-electron chi connectivity index (χ1n) is 5.78. The highest BCUT2D eigenvalue weighted by Crippen LogP contribution is 2.29. The van der Waals surface area contributed by atoms with Crippen molar-refractivity contribution >= 4 is 23.1 Å². The van der Waals surface area contributed by atoms with Gasteiger partial charge in [-0.1, -0.05) is 30.3 Å². The molecule has 4 nitrogen and oxygen atoms in total. The molecule has 0 spiro atoms. The molecule has 0 heterocycles. The molecule has 1 unspecified atom stereocenters. The summed E-state index contributed by atoms with van der Waals surface area (Å²) >= 11 is 5.94. The minimum Gasteiger partial charge on any atom is -0.292 e. The van der Waals surface area contributed by atoms with Crippen LogP contribution in [0.15, 0.2) is 42.5 Å². The van der Waals surface area contributed by atoms with Gasteiger partial charge in [0.2, 0.25) is 5.82 Å². The summed E-state index contributed by atoms with van der Waals surface area (Å²) in [6.07, 6.45) is 0. The second-order valence-corrected chi connectivity index (χ2v) is 4.62. The zero-order valence-corrected chi connectivity index (χ0v) is 11.2. The molecule has 0 saturated carbocycles. The van der Waals surface area contributed by atoms with Crippen LogP contribution < -0.4 is 0 Å². The third-order valence-corrected chi connectivity index (χ3v) is 3.25. The summed E-state index contributed by atoms with van der Waals surface area (Å²) in [4.78, 5) is 21.7. The lowest BCUT2D eigenvalue weighted by Crippen LogP contribution is -2.11. The zero-order valence-electron chi connectivity index (χ0n) is 10.4. The molecule has 1 atom stereocenters. The van der Waals surface area contributed by atoms with Crippen molar-refractivity contribution in [2.45, 2.75) is 5.38 Å². The Morgan fingerprint density at radius 3 is 2.38 bits per heavy atom. The Kier molecular flexibility index (Phi) is 4.28. The molecular formula is C14H8ClF2NO3. The van der Waals surface area contributed by atoms with Crippen LogP contribution in [0.5, 0.6) is 0 Å². The summed E-state index contributed by atoms with van der Waals surface area (Å²) in [6, 6.07) is 9.05. The van der Waals surface area contributed by atoms with Gasteiger partial charge in [-0.25, -0.2) is 4.39 Å². The van der Waals surface area contributed by atoms with E-state index < -0.39 is 39.0 Å². The summed E-state index contributed by atoms with van der Waals surface area (Å²) in [5.41, 5.74) is -1.46. The zero-order chi connectivity index (χ0) is 15.6. The maximum absolute atomic E-state index is 13.9. The van der Waals surface area contributed by atoms with Crippen LogP contribution in [0, 0.1) is 21.7 Å². The Morgan fingerprint density at radius 1 is 1.19 bits per heavy atom. The number of benzene rings is 2. The maximum Gasteiger partial charge on any atom is 0.308 e. The van der Waals surface area contributed by atoms with Gasteiger partial charge in [0, 0.05) is 0 Å². The van der Waals surface area contributed by atoms with Crippen molar-refractivity contribution in [1.82, 2.24) is 0 Å². The van der Waals surface area contributed by atoms with Crippen LogP contribution in [0.25, 0.3) is 0 Å². The molecule has 2 aromatic rings. The molecular weight excluding hydrogens is 304 g/mol. The van der Waals surface area contributed by atoms with Crippen LogP contribution in [-0.2, 0) is 0 Å². The lowest BCUT2D eigenvalue weighted by molar-refractivity contribution is -0.387. The van der Waals surface area contributed by atoms with Gasteiger partial charge in [0.05, 0.1) is 16.6 Å². The molecule has 0 amide bonds. The molecule has 0 aliphatic heterocycles. The highest BCUT2D eigenvalue weighted by Gasteiger charge is 2.28. The molecule has 2 rings (SSSR count). The van der Waals surface area contributed by atoms with E-state index >= 15 is 0 Å². The summed E-state index contributed by atoms with van der Waals surface area (Å²) in [5.74, 6) is -3.42. The van der Waals surface area contributed by atoms with E-state index in [1.165, 1.54) is 0 Å². The monoisotopic (exact) mass is 311 g/mol. The first kappa shape index (κ1) is 15.1. The molecule has 0 aliphatic rings. The van der Waals surface area contributed by atoms with Crippen LogP contribution in [-0.4, -0.2) is 10.7 Å². The van der Waals surface area contributed by atoms with Gasteiger partial charge in [-0.05, 0) is 11.6 Å². The number of hydrogen-bond donors (Lipinski definition) is 0. The number of alkyl halides is 1. The number of carbonyl (C=O) groups excluding carboxylic acids is 1. The fourth-order valence-corrected chi connectivity index (χ4v) is 2.06. The van der Waals surface area contributed by atoms with E-state index in [1.807, 2.05) is 0 Å². The number of nitro benzene ring substituents is 1. The minimum atomic E-state index is -1.40.